The fourth-order valence-electron chi connectivity index (χ4n) is 7.15. The summed E-state index contributed by atoms with van der Waals surface area (Å²) in [5.74, 6) is 0.0404. The van der Waals surface area contributed by atoms with Gasteiger partial charge in [0.2, 0.25) is 0 Å². The summed E-state index contributed by atoms with van der Waals surface area (Å²) >= 11 is 4.90. The van der Waals surface area contributed by atoms with Crippen LogP contribution in [0.4, 0.5) is 0 Å². The molecule has 0 spiro atoms. The number of ether oxygens (including phenoxy) is 2. The summed E-state index contributed by atoms with van der Waals surface area (Å²) in [6, 6.07) is 41.7. The lowest BCUT2D eigenvalue weighted by Gasteiger charge is -2.27. The Morgan fingerprint density at radius 3 is 2.26 bits per heavy atom. The smallest absolute Gasteiger partial charge is 0.338 e. The van der Waals surface area contributed by atoms with E-state index in [9.17, 15) is 9.59 Å². The fourth-order valence-corrected chi connectivity index (χ4v) is 8.45. The van der Waals surface area contributed by atoms with Crippen molar-refractivity contribution in [1.29, 1.82) is 0 Å². The van der Waals surface area contributed by atoms with Gasteiger partial charge in [0.1, 0.15) is 11.8 Å². The molecule has 0 aliphatic carbocycles. The fraction of sp³-hybridized carbons (Fsp3) is 0.114. The molecule has 0 saturated carbocycles. The predicted molar refractivity (Wildman–Crippen MR) is 215 cm³/mol. The molecule has 262 valence electrons. The molecule has 0 fully saturated rings. The molecular weight excluding hydrogens is 746 g/mol. The number of carbonyl (C=O) groups excluding carboxylic acids is 1. The van der Waals surface area contributed by atoms with Gasteiger partial charge in [0.05, 0.1) is 40.9 Å². The molecular formula is C44H34BrN3O4S. The Balaban J connectivity index is 1.43. The lowest BCUT2D eigenvalue weighted by molar-refractivity contribution is -0.139. The minimum Gasteiger partial charge on any atom is -0.496 e. The maximum Gasteiger partial charge on any atom is 0.338 e. The summed E-state index contributed by atoms with van der Waals surface area (Å²) in [7, 11) is 1.60. The molecule has 0 unspecified atom stereocenters. The van der Waals surface area contributed by atoms with Gasteiger partial charge < -0.3 is 14.0 Å². The van der Waals surface area contributed by atoms with E-state index in [0.717, 1.165) is 49.0 Å². The van der Waals surface area contributed by atoms with Crippen molar-refractivity contribution in [3.63, 3.8) is 0 Å². The van der Waals surface area contributed by atoms with Gasteiger partial charge in [0.15, 0.2) is 4.80 Å². The lowest BCUT2D eigenvalue weighted by Crippen LogP contribution is -2.40. The Kier molecular flexibility index (Phi) is 9.28. The van der Waals surface area contributed by atoms with Gasteiger partial charge in [-0.05, 0) is 78.2 Å². The quantitative estimate of drug-likeness (QED) is 0.145. The number of methoxy groups -OCH3 is 1. The summed E-state index contributed by atoms with van der Waals surface area (Å²) in [6.07, 6.45) is 1.95. The van der Waals surface area contributed by atoms with Gasteiger partial charge in [-0.1, -0.05) is 118 Å². The number of carbonyl (C=O) groups is 1. The standard InChI is InChI=1S/C44H34BrN3O4S/c1-4-52-43(50)38-27(2)46-44-48(41(38)39-34-18-12-11-13-28(34)19-24-36(39)51-3)42(49)37(53-44)26-31-25-35(29-14-7-5-8-15-29)47(33-22-20-32(45)21-23-33)40(31)30-16-9-6-10-17-30/h5-26,41H,4H2,1-3H3/b37-26-/t41-/m1/s1. The molecule has 0 amide bonds. The van der Waals surface area contributed by atoms with Crippen molar-refractivity contribution in [2.45, 2.75) is 19.9 Å². The Morgan fingerprint density at radius 1 is 0.887 bits per heavy atom. The topological polar surface area (TPSA) is 74.8 Å². The van der Waals surface area contributed by atoms with Crippen molar-refractivity contribution >= 4 is 50.1 Å². The third-order valence-corrected chi connectivity index (χ3v) is 11.0. The zero-order valence-electron chi connectivity index (χ0n) is 29.2. The summed E-state index contributed by atoms with van der Waals surface area (Å²) < 4.78 is 16.9. The van der Waals surface area contributed by atoms with E-state index >= 15 is 0 Å². The van der Waals surface area contributed by atoms with Gasteiger partial charge in [-0.3, -0.25) is 9.36 Å². The summed E-state index contributed by atoms with van der Waals surface area (Å²) in [4.78, 5) is 34.1. The highest BCUT2D eigenvalue weighted by Crippen LogP contribution is 2.41. The molecule has 1 atom stereocenters. The first-order valence-electron chi connectivity index (χ1n) is 17.3. The van der Waals surface area contributed by atoms with Crippen molar-refractivity contribution < 1.29 is 14.3 Å². The monoisotopic (exact) mass is 779 g/mol. The Morgan fingerprint density at radius 2 is 1.57 bits per heavy atom. The highest BCUT2D eigenvalue weighted by molar-refractivity contribution is 9.10. The van der Waals surface area contributed by atoms with Crippen LogP contribution < -0.4 is 19.6 Å². The third-order valence-electron chi connectivity index (χ3n) is 9.46. The van der Waals surface area contributed by atoms with Gasteiger partial charge in [-0.2, -0.15) is 0 Å². The Labute approximate surface area is 318 Å². The van der Waals surface area contributed by atoms with E-state index in [0.29, 0.717) is 31.9 Å². The second kappa shape index (κ2) is 14.3. The van der Waals surface area contributed by atoms with Gasteiger partial charge in [0.25, 0.3) is 5.56 Å². The van der Waals surface area contributed by atoms with E-state index in [1.54, 1.807) is 25.5 Å². The van der Waals surface area contributed by atoms with Crippen LogP contribution in [0.1, 0.15) is 31.0 Å². The first-order valence-corrected chi connectivity index (χ1v) is 18.9. The molecule has 7 aromatic rings. The average molecular weight is 781 g/mol. The zero-order valence-corrected chi connectivity index (χ0v) is 31.6. The number of fused-ring (bicyclic) bond motifs is 2. The molecule has 9 heteroatoms. The Bertz CT molecular complexity index is 2730. The molecule has 0 N–H and O–H groups in total. The first kappa shape index (κ1) is 34.3. The van der Waals surface area contributed by atoms with Crippen LogP contribution in [0.15, 0.2) is 153 Å². The van der Waals surface area contributed by atoms with E-state index in [1.165, 1.54) is 11.3 Å². The second-order valence-corrected chi connectivity index (χ2v) is 14.5. The average Bonchev–Trinajstić information content (AvgIpc) is 3.71. The number of aromatic nitrogens is 2. The van der Waals surface area contributed by atoms with Crippen LogP contribution in [0.3, 0.4) is 0 Å². The normalized spacial score (nSPS) is 14.3. The number of rotatable bonds is 8. The number of esters is 1. The molecule has 0 saturated heterocycles. The number of hydrogen-bond acceptors (Lipinski definition) is 6. The number of halogens is 1. The molecule has 1 aliphatic rings. The van der Waals surface area contributed by atoms with E-state index in [-0.39, 0.29) is 12.2 Å². The second-order valence-electron chi connectivity index (χ2n) is 12.6. The molecule has 8 rings (SSSR count). The van der Waals surface area contributed by atoms with Crippen molar-refractivity contribution in [2.24, 2.45) is 4.99 Å². The van der Waals surface area contributed by atoms with Gasteiger partial charge in [-0.25, -0.2) is 9.79 Å². The summed E-state index contributed by atoms with van der Waals surface area (Å²) in [5.41, 5.74) is 7.02. The van der Waals surface area contributed by atoms with Gasteiger partial charge >= 0.3 is 5.97 Å². The predicted octanol–water partition coefficient (Wildman–Crippen LogP) is 8.85. The Hall–Kier alpha value is -5.77. The van der Waals surface area contributed by atoms with Crippen LogP contribution in [-0.4, -0.2) is 28.8 Å². The van der Waals surface area contributed by atoms with Crippen LogP contribution in [0.5, 0.6) is 5.75 Å². The van der Waals surface area contributed by atoms with Crippen LogP contribution in [0.25, 0.3) is 45.1 Å². The number of nitrogens with zero attached hydrogens (tertiary/aromatic N) is 3. The zero-order chi connectivity index (χ0) is 36.6. The molecule has 2 aromatic heterocycles. The van der Waals surface area contributed by atoms with Crippen LogP contribution >= 0.6 is 27.3 Å². The van der Waals surface area contributed by atoms with E-state index in [4.69, 9.17) is 14.5 Å². The molecule has 53 heavy (non-hydrogen) atoms. The van der Waals surface area contributed by atoms with Crippen molar-refractivity contribution in [3.05, 3.63) is 174 Å². The first-order chi connectivity index (χ1) is 25.9. The molecule has 3 heterocycles. The third kappa shape index (κ3) is 6.15. The maximum absolute atomic E-state index is 14.9. The summed E-state index contributed by atoms with van der Waals surface area (Å²) in [5, 5.41) is 1.83. The van der Waals surface area contributed by atoms with Crippen LogP contribution in [0.2, 0.25) is 0 Å². The molecule has 5 aromatic carbocycles. The van der Waals surface area contributed by atoms with Crippen molar-refractivity contribution in [2.75, 3.05) is 13.7 Å². The maximum atomic E-state index is 14.9. The van der Waals surface area contributed by atoms with Crippen LogP contribution in [0, 0.1) is 0 Å². The number of allylic oxidation sites excluding steroid dienone is 1. The molecule has 0 radical (unpaired) electrons. The van der Waals surface area contributed by atoms with E-state index in [1.807, 2.05) is 91.0 Å². The van der Waals surface area contributed by atoms with Crippen molar-refractivity contribution in [3.8, 4) is 34.0 Å². The van der Waals surface area contributed by atoms with E-state index < -0.39 is 12.0 Å². The summed E-state index contributed by atoms with van der Waals surface area (Å²) in [6.45, 7) is 3.75. The molecule has 0 bridgehead atoms. The number of hydrogen-bond donors (Lipinski definition) is 0. The highest BCUT2D eigenvalue weighted by atomic mass is 79.9. The van der Waals surface area contributed by atoms with E-state index in [2.05, 4.69) is 63.0 Å². The largest absolute Gasteiger partial charge is 0.496 e. The molecule has 7 nitrogen and oxygen atoms in total. The minimum atomic E-state index is -0.839. The number of thiazole rings is 1. The molecule has 1 aliphatic heterocycles. The minimum absolute atomic E-state index is 0.181. The van der Waals surface area contributed by atoms with Crippen molar-refractivity contribution in [1.82, 2.24) is 9.13 Å². The van der Waals surface area contributed by atoms with Gasteiger partial charge in [0, 0.05) is 21.3 Å². The SMILES string of the molecule is CCOC(=O)C1=C(C)N=c2s/c(=C\c3cc(-c4ccccc4)n(-c4ccc(Br)cc4)c3-c3ccccc3)c(=O)n2[C@H]1c1c(OC)ccc2ccccc12. The lowest BCUT2D eigenvalue weighted by atomic mass is 9.90. The van der Waals surface area contributed by atoms with Crippen LogP contribution in [-0.2, 0) is 9.53 Å². The number of benzene rings is 5. The van der Waals surface area contributed by atoms with Gasteiger partial charge in [-0.15, -0.1) is 0 Å². The highest BCUT2D eigenvalue weighted by Gasteiger charge is 2.36.